The summed E-state index contributed by atoms with van der Waals surface area (Å²) in [4.78, 5) is 4.25. The minimum absolute atomic E-state index is 0.878. The molecule has 0 aliphatic heterocycles. The van der Waals surface area contributed by atoms with Crippen LogP contribution < -0.4 is 4.74 Å². The molecule has 3 heteroatoms. The zero-order valence-electron chi connectivity index (χ0n) is 7.12. The van der Waals surface area contributed by atoms with Crippen LogP contribution in [0.5, 0.6) is 5.75 Å². The fraction of sp³-hybridized carbons (Fsp3) is 0.100. The lowest BCUT2D eigenvalue weighted by Crippen LogP contribution is -1.86. The van der Waals surface area contributed by atoms with Crippen LogP contribution in [-0.2, 0) is 0 Å². The van der Waals surface area contributed by atoms with E-state index in [0.29, 0.717) is 0 Å². The van der Waals surface area contributed by atoms with Gasteiger partial charge in [0.1, 0.15) is 5.75 Å². The first kappa shape index (κ1) is 8.74. The SMILES string of the molecule is COc1ccnc2ccc(I)cc12. The minimum atomic E-state index is 0.878. The van der Waals surface area contributed by atoms with E-state index in [4.69, 9.17) is 4.74 Å². The summed E-state index contributed by atoms with van der Waals surface area (Å²) < 4.78 is 6.43. The molecule has 2 nitrogen and oxygen atoms in total. The number of hydrogen-bond acceptors (Lipinski definition) is 2. The summed E-state index contributed by atoms with van der Waals surface area (Å²) in [7, 11) is 1.68. The second-order valence-corrected chi connectivity index (χ2v) is 3.92. The number of pyridine rings is 1. The van der Waals surface area contributed by atoms with Gasteiger partial charge in [-0.3, -0.25) is 4.98 Å². The fourth-order valence-corrected chi connectivity index (χ4v) is 1.76. The molecule has 1 aromatic carbocycles. The number of rotatable bonds is 1. The molecule has 0 saturated carbocycles. The van der Waals surface area contributed by atoms with Gasteiger partial charge in [-0.2, -0.15) is 0 Å². The highest BCUT2D eigenvalue weighted by atomic mass is 127. The largest absolute Gasteiger partial charge is 0.496 e. The number of fused-ring (bicyclic) bond motifs is 1. The molecule has 0 spiro atoms. The Morgan fingerprint density at radius 3 is 2.92 bits per heavy atom. The highest BCUT2D eigenvalue weighted by Gasteiger charge is 2.01. The van der Waals surface area contributed by atoms with Gasteiger partial charge < -0.3 is 4.74 Å². The van der Waals surface area contributed by atoms with Crippen LogP contribution in [0.2, 0.25) is 0 Å². The van der Waals surface area contributed by atoms with Crippen LogP contribution >= 0.6 is 22.6 Å². The van der Waals surface area contributed by atoms with Crippen LogP contribution in [0, 0.1) is 3.57 Å². The summed E-state index contributed by atoms with van der Waals surface area (Å²) in [5.41, 5.74) is 0.972. The van der Waals surface area contributed by atoms with E-state index in [1.54, 1.807) is 13.3 Å². The number of benzene rings is 1. The van der Waals surface area contributed by atoms with Crippen molar-refractivity contribution < 1.29 is 4.74 Å². The van der Waals surface area contributed by atoms with Crippen LogP contribution in [0.3, 0.4) is 0 Å². The molecule has 13 heavy (non-hydrogen) atoms. The van der Waals surface area contributed by atoms with Gasteiger partial charge in [-0.25, -0.2) is 0 Å². The molecule has 0 amide bonds. The maximum atomic E-state index is 5.24. The summed E-state index contributed by atoms with van der Waals surface area (Å²) in [5, 5.41) is 1.07. The number of hydrogen-bond donors (Lipinski definition) is 0. The third kappa shape index (κ3) is 1.60. The smallest absolute Gasteiger partial charge is 0.129 e. The second kappa shape index (κ2) is 3.49. The van der Waals surface area contributed by atoms with Gasteiger partial charge in [-0.15, -0.1) is 0 Å². The van der Waals surface area contributed by atoms with Crippen molar-refractivity contribution in [3.8, 4) is 5.75 Å². The highest BCUT2D eigenvalue weighted by molar-refractivity contribution is 14.1. The number of aromatic nitrogens is 1. The zero-order chi connectivity index (χ0) is 9.26. The number of nitrogens with zero attached hydrogens (tertiary/aromatic N) is 1. The first-order valence-electron chi connectivity index (χ1n) is 3.89. The van der Waals surface area contributed by atoms with Gasteiger partial charge in [0.15, 0.2) is 0 Å². The number of ether oxygens (including phenoxy) is 1. The Labute approximate surface area is 90.1 Å². The van der Waals surface area contributed by atoms with Crippen molar-refractivity contribution in [3.63, 3.8) is 0 Å². The average molecular weight is 285 g/mol. The summed E-state index contributed by atoms with van der Waals surface area (Å²) in [6, 6.07) is 7.98. The van der Waals surface area contributed by atoms with Gasteiger partial charge in [0.05, 0.1) is 12.6 Å². The van der Waals surface area contributed by atoms with E-state index in [0.717, 1.165) is 16.7 Å². The summed E-state index contributed by atoms with van der Waals surface area (Å²) in [6.07, 6.45) is 1.76. The van der Waals surface area contributed by atoms with E-state index in [-0.39, 0.29) is 0 Å². The molecule has 0 unspecified atom stereocenters. The first-order chi connectivity index (χ1) is 6.31. The van der Waals surface area contributed by atoms with Crippen molar-refractivity contribution in [3.05, 3.63) is 34.0 Å². The van der Waals surface area contributed by atoms with Gasteiger partial charge >= 0.3 is 0 Å². The van der Waals surface area contributed by atoms with E-state index in [2.05, 4.69) is 33.6 Å². The average Bonchev–Trinajstić information content (AvgIpc) is 2.17. The summed E-state index contributed by atoms with van der Waals surface area (Å²) in [5.74, 6) is 0.878. The summed E-state index contributed by atoms with van der Waals surface area (Å²) >= 11 is 2.28. The van der Waals surface area contributed by atoms with Crippen molar-refractivity contribution in [2.75, 3.05) is 7.11 Å². The lowest BCUT2D eigenvalue weighted by molar-refractivity contribution is 0.419. The van der Waals surface area contributed by atoms with Crippen LogP contribution in [0.1, 0.15) is 0 Å². The molecule has 66 valence electrons. The molecule has 0 radical (unpaired) electrons. The maximum Gasteiger partial charge on any atom is 0.129 e. The van der Waals surface area contributed by atoms with Crippen molar-refractivity contribution in [2.24, 2.45) is 0 Å². The van der Waals surface area contributed by atoms with Gasteiger partial charge in [0.2, 0.25) is 0 Å². The first-order valence-corrected chi connectivity index (χ1v) is 4.97. The molecule has 2 aromatic rings. The Balaban J connectivity index is 2.79. The highest BCUT2D eigenvalue weighted by Crippen LogP contribution is 2.24. The summed E-state index contributed by atoms with van der Waals surface area (Å²) in [6.45, 7) is 0. The molecule has 0 atom stereocenters. The lowest BCUT2D eigenvalue weighted by atomic mass is 10.2. The fourth-order valence-electron chi connectivity index (χ4n) is 1.27. The van der Waals surface area contributed by atoms with E-state index in [1.807, 2.05) is 18.2 Å². The number of halogens is 1. The molecule has 0 aliphatic rings. The predicted octanol–water partition coefficient (Wildman–Crippen LogP) is 2.85. The third-order valence-corrected chi connectivity index (χ3v) is 2.55. The Morgan fingerprint density at radius 1 is 1.31 bits per heavy atom. The minimum Gasteiger partial charge on any atom is -0.496 e. The molecule has 1 heterocycles. The quantitative estimate of drug-likeness (QED) is 0.752. The van der Waals surface area contributed by atoms with Crippen LogP contribution in [0.15, 0.2) is 30.5 Å². The van der Waals surface area contributed by atoms with Crippen molar-refractivity contribution in [1.82, 2.24) is 4.98 Å². The van der Waals surface area contributed by atoms with Gasteiger partial charge in [-0.05, 0) is 46.9 Å². The monoisotopic (exact) mass is 285 g/mol. The Kier molecular flexibility index (Phi) is 2.35. The molecule has 2 rings (SSSR count). The maximum absolute atomic E-state index is 5.24. The van der Waals surface area contributed by atoms with Crippen molar-refractivity contribution >= 4 is 33.5 Å². The van der Waals surface area contributed by atoms with E-state index >= 15 is 0 Å². The zero-order valence-corrected chi connectivity index (χ0v) is 9.28. The molecular formula is C10H8INO. The topological polar surface area (TPSA) is 22.1 Å². The van der Waals surface area contributed by atoms with E-state index in [9.17, 15) is 0 Å². The van der Waals surface area contributed by atoms with Gasteiger partial charge in [0.25, 0.3) is 0 Å². The molecule has 0 bridgehead atoms. The molecule has 0 saturated heterocycles. The lowest BCUT2D eigenvalue weighted by Gasteiger charge is -2.03. The van der Waals surface area contributed by atoms with Crippen LogP contribution in [0.4, 0.5) is 0 Å². The third-order valence-electron chi connectivity index (χ3n) is 1.88. The molecular weight excluding hydrogens is 277 g/mol. The van der Waals surface area contributed by atoms with Gasteiger partial charge in [-0.1, -0.05) is 0 Å². The van der Waals surface area contributed by atoms with E-state index in [1.165, 1.54) is 3.57 Å². The van der Waals surface area contributed by atoms with Crippen molar-refractivity contribution in [1.29, 1.82) is 0 Å². The Hall–Kier alpha value is -0.840. The predicted molar refractivity (Wildman–Crippen MR) is 61.0 cm³/mol. The Morgan fingerprint density at radius 2 is 2.15 bits per heavy atom. The van der Waals surface area contributed by atoms with Crippen molar-refractivity contribution in [2.45, 2.75) is 0 Å². The molecule has 0 fully saturated rings. The van der Waals surface area contributed by atoms with Crippen LogP contribution in [-0.4, -0.2) is 12.1 Å². The Bertz CT molecular complexity index is 442. The molecule has 1 aromatic heterocycles. The molecule has 0 N–H and O–H groups in total. The second-order valence-electron chi connectivity index (χ2n) is 2.67. The van der Waals surface area contributed by atoms with Gasteiger partial charge in [0, 0.05) is 15.2 Å². The number of methoxy groups -OCH3 is 1. The van der Waals surface area contributed by atoms with E-state index < -0.39 is 0 Å². The van der Waals surface area contributed by atoms with Crippen LogP contribution in [0.25, 0.3) is 10.9 Å². The molecule has 0 aliphatic carbocycles. The normalized spacial score (nSPS) is 10.3. The standard InChI is InChI=1S/C10H8INO/c1-13-10-4-5-12-9-3-2-7(11)6-8(9)10/h2-6H,1H3.